The number of amides is 1. The number of nitrogens with one attached hydrogen (secondary N) is 1. The average molecular weight is 276 g/mol. The third kappa shape index (κ3) is 3.73. The van der Waals surface area contributed by atoms with Crippen molar-refractivity contribution in [3.63, 3.8) is 0 Å². The molecule has 110 valence electrons. The van der Waals surface area contributed by atoms with Crippen molar-refractivity contribution < 1.29 is 9.53 Å². The van der Waals surface area contributed by atoms with E-state index in [1.807, 2.05) is 31.3 Å². The molecule has 1 atom stereocenters. The van der Waals surface area contributed by atoms with E-state index in [2.05, 4.69) is 19.2 Å². The summed E-state index contributed by atoms with van der Waals surface area (Å²) in [6, 6.07) is 8.54. The Kier molecular flexibility index (Phi) is 5.01. The van der Waals surface area contributed by atoms with Gasteiger partial charge in [0.1, 0.15) is 5.75 Å². The van der Waals surface area contributed by atoms with Gasteiger partial charge in [0.05, 0.1) is 0 Å². The lowest BCUT2D eigenvalue weighted by molar-refractivity contribution is -0.132. The Bertz CT molecular complexity index is 458. The summed E-state index contributed by atoms with van der Waals surface area (Å²) in [6.45, 7) is 5.19. The van der Waals surface area contributed by atoms with Crippen LogP contribution in [0.5, 0.6) is 5.75 Å². The quantitative estimate of drug-likeness (QED) is 0.831. The maximum Gasteiger partial charge on any atom is 0.260 e. The van der Waals surface area contributed by atoms with Crippen LogP contribution in [0.15, 0.2) is 24.3 Å². The Hall–Kier alpha value is -1.55. The van der Waals surface area contributed by atoms with Crippen molar-refractivity contribution in [2.24, 2.45) is 0 Å². The fraction of sp³-hybridized carbons (Fsp3) is 0.562. The molecule has 0 saturated heterocycles. The topological polar surface area (TPSA) is 41.6 Å². The van der Waals surface area contributed by atoms with Crippen LogP contribution in [0.25, 0.3) is 0 Å². The van der Waals surface area contributed by atoms with E-state index in [1.54, 1.807) is 4.90 Å². The summed E-state index contributed by atoms with van der Waals surface area (Å²) in [6.07, 6.45) is 2.24. The number of rotatable bonds is 7. The molecule has 0 spiro atoms. The van der Waals surface area contributed by atoms with Crippen LogP contribution in [0.1, 0.15) is 38.3 Å². The van der Waals surface area contributed by atoms with Crippen molar-refractivity contribution >= 4 is 5.91 Å². The number of benzene rings is 1. The summed E-state index contributed by atoms with van der Waals surface area (Å²) in [7, 11) is 1.86. The summed E-state index contributed by atoms with van der Waals surface area (Å²) >= 11 is 0. The second-order valence-corrected chi connectivity index (χ2v) is 5.34. The van der Waals surface area contributed by atoms with E-state index in [4.69, 9.17) is 4.74 Å². The first-order valence-electron chi connectivity index (χ1n) is 7.34. The van der Waals surface area contributed by atoms with E-state index in [1.165, 1.54) is 0 Å². The van der Waals surface area contributed by atoms with Gasteiger partial charge in [0, 0.05) is 24.7 Å². The van der Waals surface area contributed by atoms with Crippen LogP contribution in [-0.2, 0) is 4.79 Å². The number of likely N-dealkylation sites (N-methyl/N-ethyl adjacent to an activating group) is 1. The number of hydrogen-bond donors (Lipinski definition) is 1. The smallest absolute Gasteiger partial charge is 0.260 e. The lowest BCUT2D eigenvalue weighted by Gasteiger charge is -2.19. The minimum Gasteiger partial charge on any atom is -0.483 e. The number of hydrogen-bond acceptors (Lipinski definition) is 3. The molecule has 20 heavy (non-hydrogen) atoms. The van der Waals surface area contributed by atoms with E-state index in [0.29, 0.717) is 6.04 Å². The average Bonchev–Trinajstić information content (AvgIpc) is 3.29. The highest BCUT2D eigenvalue weighted by Crippen LogP contribution is 2.27. The first kappa shape index (κ1) is 14.9. The van der Waals surface area contributed by atoms with Gasteiger partial charge in [0.15, 0.2) is 6.61 Å². The van der Waals surface area contributed by atoms with Gasteiger partial charge in [0.25, 0.3) is 5.91 Å². The molecule has 1 aliphatic rings. The third-order valence-electron chi connectivity index (χ3n) is 3.73. The molecule has 0 radical (unpaired) electrons. The zero-order chi connectivity index (χ0) is 14.5. The second kappa shape index (κ2) is 6.75. The molecule has 1 aromatic carbocycles. The van der Waals surface area contributed by atoms with Gasteiger partial charge >= 0.3 is 0 Å². The Labute approximate surface area is 121 Å². The summed E-state index contributed by atoms with van der Waals surface area (Å²) in [4.78, 5) is 13.8. The minimum absolute atomic E-state index is 0.0541. The van der Waals surface area contributed by atoms with Gasteiger partial charge in [-0.25, -0.2) is 0 Å². The second-order valence-electron chi connectivity index (χ2n) is 5.34. The van der Waals surface area contributed by atoms with E-state index in [9.17, 15) is 4.79 Å². The number of carbonyl (C=O) groups excluding carboxylic acids is 1. The largest absolute Gasteiger partial charge is 0.483 e. The van der Waals surface area contributed by atoms with E-state index >= 15 is 0 Å². The van der Waals surface area contributed by atoms with Gasteiger partial charge in [-0.15, -0.1) is 0 Å². The first-order chi connectivity index (χ1) is 9.63. The highest BCUT2D eigenvalue weighted by atomic mass is 16.5. The predicted octanol–water partition coefficient (Wildman–Crippen LogP) is 2.36. The normalized spacial score (nSPS) is 15.8. The Morgan fingerprint density at radius 2 is 2.15 bits per heavy atom. The summed E-state index contributed by atoms with van der Waals surface area (Å²) in [5.41, 5.74) is 1.09. The zero-order valence-corrected chi connectivity index (χ0v) is 12.6. The maximum atomic E-state index is 12.0. The number of ether oxygens (including phenoxy) is 1. The van der Waals surface area contributed by atoms with Gasteiger partial charge < -0.3 is 15.0 Å². The molecule has 0 aliphatic heterocycles. The molecule has 1 saturated carbocycles. The highest BCUT2D eigenvalue weighted by molar-refractivity contribution is 5.78. The zero-order valence-electron chi connectivity index (χ0n) is 12.6. The number of para-hydroxylation sites is 1. The van der Waals surface area contributed by atoms with Crippen LogP contribution >= 0.6 is 0 Å². The fourth-order valence-corrected chi connectivity index (χ4v) is 2.29. The van der Waals surface area contributed by atoms with Crippen LogP contribution in [-0.4, -0.2) is 37.0 Å². The van der Waals surface area contributed by atoms with Crippen molar-refractivity contribution in [1.29, 1.82) is 0 Å². The molecule has 4 nitrogen and oxygen atoms in total. The minimum atomic E-state index is 0.0541. The molecule has 1 aliphatic carbocycles. The molecule has 1 amide bonds. The van der Waals surface area contributed by atoms with E-state index < -0.39 is 0 Å². The molecule has 1 unspecified atom stereocenters. The van der Waals surface area contributed by atoms with Crippen LogP contribution in [0.4, 0.5) is 0 Å². The molecular weight excluding hydrogens is 252 g/mol. The summed E-state index contributed by atoms with van der Waals surface area (Å²) < 4.78 is 5.73. The van der Waals surface area contributed by atoms with E-state index in [-0.39, 0.29) is 18.6 Å². The molecule has 0 bridgehead atoms. The van der Waals surface area contributed by atoms with Crippen LogP contribution in [0.3, 0.4) is 0 Å². The molecular formula is C16H24N2O2. The standard InChI is InChI=1S/C16H24N2O2/c1-4-17-12(2)14-7-5-6-8-15(14)20-11-16(19)18(3)13-9-10-13/h5-8,12-13,17H,4,9-11H2,1-3H3. The summed E-state index contributed by atoms with van der Waals surface area (Å²) in [5, 5.41) is 3.37. The predicted molar refractivity (Wildman–Crippen MR) is 79.8 cm³/mol. The van der Waals surface area contributed by atoms with Gasteiger partial charge in [-0.3, -0.25) is 4.79 Å². The summed E-state index contributed by atoms with van der Waals surface area (Å²) in [5.74, 6) is 0.844. The molecule has 2 rings (SSSR count). The number of nitrogens with zero attached hydrogens (tertiary/aromatic N) is 1. The Morgan fingerprint density at radius 1 is 1.45 bits per heavy atom. The third-order valence-corrected chi connectivity index (χ3v) is 3.73. The van der Waals surface area contributed by atoms with Crippen LogP contribution < -0.4 is 10.1 Å². The maximum absolute atomic E-state index is 12.0. The molecule has 1 fully saturated rings. The van der Waals surface area contributed by atoms with Crippen molar-refractivity contribution in [2.75, 3.05) is 20.2 Å². The highest BCUT2D eigenvalue weighted by Gasteiger charge is 2.29. The van der Waals surface area contributed by atoms with Crippen molar-refractivity contribution in [3.05, 3.63) is 29.8 Å². The van der Waals surface area contributed by atoms with Crippen molar-refractivity contribution in [2.45, 2.75) is 38.8 Å². The first-order valence-corrected chi connectivity index (χ1v) is 7.34. The van der Waals surface area contributed by atoms with Crippen LogP contribution in [0, 0.1) is 0 Å². The fourth-order valence-electron chi connectivity index (χ4n) is 2.29. The monoisotopic (exact) mass is 276 g/mol. The van der Waals surface area contributed by atoms with Gasteiger partial charge in [-0.05, 0) is 32.4 Å². The molecule has 0 aromatic heterocycles. The van der Waals surface area contributed by atoms with E-state index in [0.717, 1.165) is 30.7 Å². The lowest BCUT2D eigenvalue weighted by atomic mass is 10.1. The van der Waals surface area contributed by atoms with Gasteiger partial charge in [-0.1, -0.05) is 25.1 Å². The van der Waals surface area contributed by atoms with Gasteiger partial charge in [-0.2, -0.15) is 0 Å². The number of carbonyl (C=O) groups is 1. The molecule has 0 heterocycles. The SMILES string of the molecule is CCNC(C)c1ccccc1OCC(=O)N(C)C1CC1. The molecule has 1 aromatic rings. The molecule has 4 heteroatoms. The van der Waals surface area contributed by atoms with Crippen molar-refractivity contribution in [1.82, 2.24) is 10.2 Å². The Balaban J connectivity index is 1.96. The van der Waals surface area contributed by atoms with Gasteiger partial charge in [0.2, 0.25) is 0 Å². The van der Waals surface area contributed by atoms with Crippen LogP contribution in [0.2, 0.25) is 0 Å². The lowest BCUT2D eigenvalue weighted by Crippen LogP contribution is -2.33. The van der Waals surface area contributed by atoms with Crippen molar-refractivity contribution in [3.8, 4) is 5.75 Å². The Morgan fingerprint density at radius 3 is 2.80 bits per heavy atom. The molecule has 1 N–H and O–H groups in total.